The molecule has 4 rings (SSSR count). The number of rotatable bonds is 2. The number of aromatic amines is 1. The van der Waals surface area contributed by atoms with Crippen LogP contribution in [0.4, 0.5) is 17.6 Å². The van der Waals surface area contributed by atoms with Gasteiger partial charge in [-0.3, -0.25) is 5.10 Å². The van der Waals surface area contributed by atoms with Crippen LogP contribution in [0.25, 0.3) is 10.9 Å². The highest BCUT2D eigenvalue weighted by Gasteiger charge is 2.25. The molecular weight excluding hydrogens is 290 g/mol. The SMILES string of the molecule is Nc1cc(N2CCCC(c3n[nH]c4ccccc34)C2)nc(N)n1. The number of nitrogens with one attached hydrogen (secondary N) is 1. The molecule has 0 amide bonds. The number of para-hydroxylation sites is 1. The molecule has 0 bridgehead atoms. The summed E-state index contributed by atoms with van der Waals surface area (Å²) in [5.74, 6) is 1.77. The number of nitrogens with zero attached hydrogens (tertiary/aromatic N) is 4. The zero-order chi connectivity index (χ0) is 15.8. The van der Waals surface area contributed by atoms with E-state index >= 15 is 0 Å². The lowest BCUT2D eigenvalue weighted by molar-refractivity contribution is 0.500. The maximum Gasteiger partial charge on any atom is 0.223 e. The smallest absolute Gasteiger partial charge is 0.223 e. The summed E-state index contributed by atoms with van der Waals surface area (Å²) in [6.45, 7) is 1.79. The van der Waals surface area contributed by atoms with Crippen molar-refractivity contribution in [2.24, 2.45) is 0 Å². The van der Waals surface area contributed by atoms with E-state index in [1.165, 1.54) is 5.39 Å². The number of hydrogen-bond donors (Lipinski definition) is 3. The van der Waals surface area contributed by atoms with Crippen LogP contribution in [0.3, 0.4) is 0 Å². The first-order valence-corrected chi connectivity index (χ1v) is 7.78. The Balaban J connectivity index is 1.64. The van der Waals surface area contributed by atoms with Crippen LogP contribution < -0.4 is 16.4 Å². The average molecular weight is 309 g/mol. The van der Waals surface area contributed by atoms with Crippen molar-refractivity contribution in [2.45, 2.75) is 18.8 Å². The molecular formula is C16H19N7. The molecule has 0 radical (unpaired) electrons. The minimum Gasteiger partial charge on any atom is -0.383 e. The third-order valence-electron chi connectivity index (χ3n) is 4.38. The van der Waals surface area contributed by atoms with Crippen LogP contribution in [0.2, 0.25) is 0 Å². The molecule has 3 heterocycles. The molecule has 5 N–H and O–H groups in total. The number of H-pyrrole nitrogens is 1. The average Bonchev–Trinajstić information content (AvgIpc) is 2.98. The Labute approximate surface area is 133 Å². The number of benzene rings is 1. The zero-order valence-electron chi connectivity index (χ0n) is 12.7. The summed E-state index contributed by atoms with van der Waals surface area (Å²) in [6, 6.07) is 10.0. The van der Waals surface area contributed by atoms with Gasteiger partial charge in [-0.2, -0.15) is 15.1 Å². The van der Waals surface area contributed by atoms with Gasteiger partial charge in [-0.1, -0.05) is 18.2 Å². The quantitative estimate of drug-likeness (QED) is 0.667. The number of fused-ring (bicyclic) bond motifs is 1. The summed E-state index contributed by atoms with van der Waals surface area (Å²) in [4.78, 5) is 10.5. The van der Waals surface area contributed by atoms with Gasteiger partial charge in [0.05, 0.1) is 11.2 Å². The summed E-state index contributed by atoms with van der Waals surface area (Å²) in [6.07, 6.45) is 2.19. The molecule has 3 aromatic rings. The van der Waals surface area contributed by atoms with Gasteiger partial charge in [0.1, 0.15) is 11.6 Å². The maximum absolute atomic E-state index is 5.79. The second-order valence-corrected chi connectivity index (χ2v) is 5.95. The van der Waals surface area contributed by atoms with E-state index in [1.54, 1.807) is 6.07 Å². The van der Waals surface area contributed by atoms with Crippen molar-refractivity contribution in [1.82, 2.24) is 20.2 Å². The summed E-state index contributed by atoms with van der Waals surface area (Å²) in [7, 11) is 0. The third-order valence-corrected chi connectivity index (χ3v) is 4.38. The van der Waals surface area contributed by atoms with Gasteiger partial charge in [0.25, 0.3) is 0 Å². The van der Waals surface area contributed by atoms with Gasteiger partial charge in [0.2, 0.25) is 5.95 Å². The van der Waals surface area contributed by atoms with E-state index in [0.29, 0.717) is 11.7 Å². The number of piperidine rings is 1. The molecule has 2 aromatic heterocycles. The van der Waals surface area contributed by atoms with E-state index in [4.69, 9.17) is 11.5 Å². The Kier molecular flexibility index (Phi) is 3.25. The summed E-state index contributed by atoms with van der Waals surface area (Å²) < 4.78 is 0. The molecule has 7 nitrogen and oxygen atoms in total. The summed E-state index contributed by atoms with van der Waals surface area (Å²) >= 11 is 0. The van der Waals surface area contributed by atoms with Crippen molar-refractivity contribution in [3.63, 3.8) is 0 Å². The molecule has 7 heteroatoms. The summed E-state index contributed by atoms with van der Waals surface area (Å²) in [5, 5.41) is 8.87. The standard InChI is InChI=1S/C16H19N7/c17-13-8-14(20-16(18)19-13)23-7-3-4-10(9-23)15-11-5-1-2-6-12(11)21-22-15/h1-2,5-6,8,10H,3-4,7,9H2,(H,21,22)(H4,17,18,19,20). The highest BCUT2D eigenvalue weighted by atomic mass is 15.2. The van der Waals surface area contributed by atoms with Gasteiger partial charge in [-0.05, 0) is 18.9 Å². The van der Waals surface area contributed by atoms with Gasteiger partial charge in [-0.25, -0.2) is 0 Å². The fourth-order valence-corrected chi connectivity index (χ4v) is 3.34. The fourth-order valence-electron chi connectivity index (χ4n) is 3.34. The molecule has 23 heavy (non-hydrogen) atoms. The first kappa shape index (κ1) is 13.8. The van der Waals surface area contributed by atoms with Crippen molar-refractivity contribution in [3.8, 4) is 0 Å². The lowest BCUT2D eigenvalue weighted by Crippen LogP contribution is -2.35. The molecule has 1 aromatic carbocycles. The van der Waals surface area contributed by atoms with Crippen LogP contribution in [0.15, 0.2) is 30.3 Å². The minimum absolute atomic E-state index is 0.215. The van der Waals surface area contributed by atoms with Crippen LogP contribution >= 0.6 is 0 Å². The minimum atomic E-state index is 0.215. The molecule has 0 aliphatic carbocycles. The predicted molar refractivity (Wildman–Crippen MR) is 91.1 cm³/mol. The van der Waals surface area contributed by atoms with Gasteiger partial charge < -0.3 is 16.4 Å². The van der Waals surface area contributed by atoms with E-state index in [-0.39, 0.29) is 5.95 Å². The van der Waals surface area contributed by atoms with Crippen LogP contribution in [-0.2, 0) is 0 Å². The van der Waals surface area contributed by atoms with Gasteiger partial charge in [0.15, 0.2) is 0 Å². The molecule has 118 valence electrons. The first-order chi connectivity index (χ1) is 11.2. The van der Waals surface area contributed by atoms with E-state index in [2.05, 4.69) is 37.2 Å². The highest BCUT2D eigenvalue weighted by molar-refractivity contribution is 5.81. The number of aromatic nitrogens is 4. The summed E-state index contributed by atoms with van der Waals surface area (Å²) in [5.41, 5.74) is 13.7. The molecule has 1 aliphatic heterocycles. The molecule has 1 fully saturated rings. The number of hydrogen-bond acceptors (Lipinski definition) is 6. The van der Waals surface area contributed by atoms with E-state index in [9.17, 15) is 0 Å². The number of nitrogens with two attached hydrogens (primary N) is 2. The molecule has 1 atom stereocenters. The van der Waals surface area contributed by atoms with Crippen LogP contribution in [-0.4, -0.2) is 33.3 Å². The Hall–Kier alpha value is -2.83. The largest absolute Gasteiger partial charge is 0.383 e. The van der Waals surface area contributed by atoms with Crippen LogP contribution in [0, 0.1) is 0 Å². The lowest BCUT2D eigenvalue weighted by atomic mass is 9.93. The van der Waals surface area contributed by atoms with Gasteiger partial charge >= 0.3 is 0 Å². The number of anilines is 3. The topological polar surface area (TPSA) is 110 Å². The molecule has 1 aliphatic rings. The predicted octanol–water partition coefficient (Wildman–Crippen LogP) is 1.90. The molecule has 0 spiro atoms. The Morgan fingerprint density at radius 3 is 2.91 bits per heavy atom. The van der Waals surface area contributed by atoms with Crippen molar-refractivity contribution in [3.05, 3.63) is 36.0 Å². The van der Waals surface area contributed by atoms with Crippen LogP contribution in [0.5, 0.6) is 0 Å². The fraction of sp³-hybridized carbons (Fsp3) is 0.312. The molecule has 1 saturated heterocycles. The molecule has 0 saturated carbocycles. The second-order valence-electron chi connectivity index (χ2n) is 5.95. The number of nitrogen functional groups attached to an aromatic ring is 2. The molecule has 1 unspecified atom stereocenters. The second kappa shape index (κ2) is 5.42. The Bertz CT molecular complexity index is 821. The van der Waals surface area contributed by atoms with E-state index < -0.39 is 0 Å². The highest BCUT2D eigenvalue weighted by Crippen LogP contribution is 2.32. The van der Waals surface area contributed by atoms with Gasteiger partial charge in [0, 0.05) is 30.5 Å². The van der Waals surface area contributed by atoms with Gasteiger partial charge in [-0.15, -0.1) is 0 Å². The normalized spacial score (nSPS) is 18.4. The van der Waals surface area contributed by atoms with Crippen molar-refractivity contribution < 1.29 is 0 Å². The lowest BCUT2D eigenvalue weighted by Gasteiger charge is -2.33. The Morgan fingerprint density at radius 1 is 1.17 bits per heavy atom. The monoisotopic (exact) mass is 309 g/mol. The maximum atomic E-state index is 5.79. The zero-order valence-corrected chi connectivity index (χ0v) is 12.7. The Morgan fingerprint density at radius 2 is 2.04 bits per heavy atom. The van der Waals surface area contributed by atoms with Crippen molar-refractivity contribution in [2.75, 3.05) is 29.5 Å². The van der Waals surface area contributed by atoms with Crippen molar-refractivity contribution >= 4 is 28.5 Å². The van der Waals surface area contributed by atoms with Crippen molar-refractivity contribution in [1.29, 1.82) is 0 Å². The van der Waals surface area contributed by atoms with E-state index in [0.717, 1.165) is 43.0 Å². The van der Waals surface area contributed by atoms with Crippen LogP contribution in [0.1, 0.15) is 24.5 Å². The third kappa shape index (κ3) is 2.54. The van der Waals surface area contributed by atoms with E-state index in [1.807, 2.05) is 12.1 Å². The first-order valence-electron chi connectivity index (χ1n) is 7.78.